The Bertz CT molecular complexity index is 1760. The van der Waals surface area contributed by atoms with Crippen LogP contribution in [0.2, 0.25) is 0 Å². The Morgan fingerprint density at radius 3 is 1.39 bits per heavy atom. The highest BCUT2D eigenvalue weighted by Gasteiger charge is 2.33. The van der Waals surface area contributed by atoms with E-state index in [-0.39, 0.29) is 5.41 Å². The average molecular weight is 663 g/mol. The van der Waals surface area contributed by atoms with Crippen molar-refractivity contribution in [1.29, 1.82) is 0 Å². The Labute approximate surface area is 289 Å². The van der Waals surface area contributed by atoms with Gasteiger partial charge in [-0.25, -0.2) is 0 Å². The Balaban J connectivity index is 0.913. The highest BCUT2D eigenvalue weighted by atomic mass is 16.7. The summed E-state index contributed by atoms with van der Waals surface area (Å²) in [6, 6.07) is 25.9. The third-order valence-corrected chi connectivity index (χ3v) is 10.0. The molecule has 0 amide bonds. The zero-order valence-electron chi connectivity index (χ0n) is 29.4. The van der Waals surface area contributed by atoms with Crippen molar-refractivity contribution in [3.05, 3.63) is 106 Å². The molecule has 0 aromatic heterocycles. The summed E-state index contributed by atoms with van der Waals surface area (Å²) in [5, 5.41) is 0. The number of hydrogen-bond donors (Lipinski definition) is 0. The van der Waals surface area contributed by atoms with E-state index in [2.05, 4.69) is 84.3 Å². The van der Waals surface area contributed by atoms with Gasteiger partial charge in [-0.1, -0.05) is 38.1 Å². The molecule has 0 radical (unpaired) electrons. The summed E-state index contributed by atoms with van der Waals surface area (Å²) in [4.78, 5) is 4.73. The Morgan fingerprint density at radius 1 is 0.531 bits per heavy atom. The first kappa shape index (κ1) is 31.8. The Hall–Kier alpha value is -4.40. The lowest BCUT2D eigenvalue weighted by Crippen LogP contribution is -2.34. The SMILES string of the molecule is CC1(C)Oc2ccc(CCN3COc4ccc(C(C)(C)c5ccc6c(c5)CN(CCc5ccc7c(c5)OC(C)(C)O7)CO6)cc4C3)cc2O1. The minimum Gasteiger partial charge on any atom is -0.478 e. The van der Waals surface area contributed by atoms with Gasteiger partial charge in [-0.3, -0.25) is 9.80 Å². The van der Waals surface area contributed by atoms with Crippen LogP contribution in [0.25, 0.3) is 0 Å². The van der Waals surface area contributed by atoms with Gasteiger partial charge >= 0.3 is 0 Å². The van der Waals surface area contributed by atoms with Gasteiger partial charge in [0.25, 0.3) is 0 Å². The van der Waals surface area contributed by atoms with Crippen LogP contribution >= 0.6 is 0 Å². The molecule has 0 saturated carbocycles. The van der Waals surface area contributed by atoms with E-state index in [1.807, 2.05) is 39.8 Å². The van der Waals surface area contributed by atoms with Crippen LogP contribution in [-0.2, 0) is 31.3 Å². The fourth-order valence-electron chi connectivity index (χ4n) is 7.23. The van der Waals surface area contributed by atoms with E-state index in [4.69, 9.17) is 28.4 Å². The number of ether oxygens (including phenoxy) is 6. The van der Waals surface area contributed by atoms with Gasteiger partial charge in [0.05, 0.1) is 0 Å². The number of nitrogens with zero attached hydrogens (tertiary/aromatic N) is 2. The second-order valence-corrected chi connectivity index (χ2v) is 15.2. The van der Waals surface area contributed by atoms with Crippen molar-refractivity contribution in [2.24, 2.45) is 0 Å². The van der Waals surface area contributed by atoms with Crippen LogP contribution in [-0.4, -0.2) is 47.9 Å². The molecule has 4 aromatic rings. The van der Waals surface area contributed by atoms with Gasteiger partial charge in [-0.15, -0.1) is 0 Å². The summed E-state index contributed by atoms with van der Waals surface area (Å²) in [7, 11) is 0. The molecule has 0 aliphatic carbocycles. The first-order valence-corrected chi connectivity index (χ1v) is 17.4. The van der Waals surface area contributed by atoms with Crippen molar-refractivity contribution in [2.45, 2.75) is 84.5 Å². The molecular weight excluding hydrogens is 616 g/mol. The molecule has 0 fully saturated rings. The molecule has 4 heterocycles. The van der Waals surface area contributed by atoms with Crippen LogP contribution in [0.4, 0.5) is 0 Å². The Morgan fingerprint density at radius 2 is 0.939 bits per heavy atom. The normalized spacial score (nSPS) is 18.7. The van der Waals surface area contributed by atoms with Crippen molar-refractivity contribution in [2.75, 3.05) is 26.6 Å². The van der Waals surface area contributed by atoms with E-state index in [9.17, 15) is 0 Å². The molecule has 8 rings (SSSR count). The minimum atomic E-state index is -0.613. The molecule has 0 atom stereocenters. The summed E-state index contributed by atoms with van der Waals surface area (Å²) >= 11 is 0. The number of hydrogen-bond acceptors (Lipinski definition) is 8. The van der Waals surface area contributed by atoms with E-state index in [1.165, 1.54) is 33.4 Å². The summed E-state index contributed by atoms with van der Waals surface area (Å²) < 4.78 is 36.1. The molecule has 4 aliphatic rings. The standard InChI is InChI=1S/C41H46N2O6/c1-39(2,31-9-13-33-29(21-31)23-42(25-44-33)17-15-27-7-11-35-37(19-27)48-40(3,4)46-35)32-10-14-34-30(22-32)24-43(26-45-34)18-16-28-8-12-36-38(20-28)49-41(5,6)47-36/h7-14,19-22H,15-18,23-26H2,1-6H3. The van der Waals surface area contributed by atoms with Gasteiger partial charge in [0, 0.05) is 70.4 Å². The third kappa shape index (κ3) is 6.52. The van der Waals surface area contributed by atoms with Crippen molar-refractivity contribution in [1.82, 2.24) is 9.80 Å². The van der Waals surface area contributed by atoms with Crippen LogP contribution in [0, 0.1) is 0 Å². The van der Waals surface area contributed by atoms with Crippen LogP contribution < -0.4 is 28.4 Å². The lowest BCUT2D eigenvalue weighted by atomic mass is 9.77. The molecule has 0 unspecified atom stereocenters. The maximum Gasteiger partial charge on any atom is 0.246 e. The third-order valence-electron chi connectivity index (χ3n) is 10.0. The van der Waals surface area contributed by atoms with Gasteiger partial charge in [-0.05, 0) is 83.6 Å². The van der Waals surface area contributed by atoms with Gasteiger partial charge in [0.1, 0.15) is 25.0 Å². The number of fused-ring (bicyclic) bond motifs is 4. The molecule has 4 aromatic carbocycles. The van der Waals surface area contributed by atoms with Crippen molar-refractivity contribution in [3.63, 3.8) is 0 Å². The fraction of sp³-hybridized carbons (Fsp3) is 0.415. The number of benzene rings is 4. The van der Waals surface area contributed by atoms with E-state index in [0.29, 0.717) is 13.5 Å². The predicted octanol–water partition coefficient (Wildman–Crippen LogP) is 7.82. The largest absolute Gasteiger partial charge is 0.478 e. The molecule has 0 bridgehead atoms. The van der Waals surface area contributed by atoms with E-state index >= 15 is 0 Å². The van der Waals surface area contributed by atoms with Gasteiger partial charge in [0.2, 0.25) is 11.6 Å². The highest BCUT2D eigenvalue weighted by Crippen LogP contribution is 2.42. The van der Waals surface area contributed by atoms with Gasteiger partial charge < -0.3 is 28.4 Å². The zero-order chi connectivity index (χ0) is 34.0. The molecule has 8 nitrogen and oxygen atoms in total. The van der Waals surface area contributed by atoms with Crippen LogP contribution in [0.3, 0.4) is 0 Å². The summed E-state index contributed by atoms with van der Waals surface area (Å²) in [6.45, 7) is 17.0. The monoisotopic (exact) mass is 662 g/mol. The molecule has 0 spiro atoms. The highest BCUT2D eigenvalue weighted by molar-refractivity contribution is 5.49. The van der Waals surface area contributed by atoms with E-state index in [0.717, 1.165) is 73.5 Å². The molecule has 8 heteroatoms. The number of rotatable bonds is 8. The second-order valence-electron chi connectivity index (χ2n) is 15.2. The van der Waals surface area contributed by atoms with Gasteiger partial charge in [-0.2, -0.15) is 0 Å². The van der Waals surface area contributed by atoms with Crippen molar-refractivity contribution in [3.8, 4) is 34.5 Å². The molecule has 49 heavy (non-hydrogen) atoms. The lowest BCUT2D eigenvalue weighted by Gasteiger charge is -2.33. The van der Waals surface area contributed by atoms with Crippen molar-refractivity contribution >= 4 is 0 Å². The maximum atomic E-state index is 6.22. The molecule has 4 aliphatic heterocycles. The first-order chi connectivity index (χ1) is 23.4. The van der Waals surface area contributed by atoms with Crippen LogP contribution in [0.1, 0.15) is 74.9 Å². The van der Waals surface area contributed by atoms with Crippen LogP contribution in [0.15, 0.2) is 72.8 Å². The average Bonchev–Trinajstić information content (AvgIpc) is 3.57. The predicted molar refractivity (Wildman–Crippen MR) is 188 cm³/mol. The fourth-order valence-corrected chi connectivity index (χ4v) is 7.23. The van der Waals surface area contributed by atoms with Gasteiger partial charge in [0.15, 0.2) is 23.0 Å². The molecular formula is C41H46N2O6. The Kier molecular flexibility index (Phi) is 7.72. The van der Waals surface area contributed by atoms with Crippen molar-refractivity contribution < 1.29 is 28.4 Å². The molecule has 0 N–H and O–H groups in total. The van der Waals surface area contributed by atoms with Crippen LogP contribution in [0.5, 0.6) is 34.5 Å². The van der Waals surface area contributed by atoms with E-state index in [1.54, 1.807) is 0 Å². The first-order valence-electron chi connectivity index (χ1n) is 17.4. The topological polar surface area (TPSA) is 61.9 Å². The molecule has 0 saturated heterocycles. The second kappa shape index (κ2) is 11.9. The lowest BCUT2D eigenvalue weighted by molar-refractivity contribution is -0.0437. The van der Waals surface area contributed by atoms with E-state index < -0.39 is 11.6 Å². The summed E-state index contributed by atoms with van der Waals surface area (Å²) in [5.41, 5.74) is 7.26. The maximum absolute atomic E-state index is 6.22. The zero-order valence-corrected chi connectivity index (χ0v) is 29.4. The quantitative estimate of drug-likeness (QED) is 0.189. The smallest absolute Gasteiger partial charge is 0.246 e. The summed E-state index contributed by atoms with van der Waals surface area (Å²) in [6.07, 6.45) is 1.81. The minimum absolute atomic E-state index is 0.199. The summed E-state index contributed by atoms with van der Waals surface area (Å²) in [5.74, 6) is 3.98. The molecule has 256 valence electrons.